The van der Waals surface area contributed by atoms with Crippen molar-refractivity contribution in [2.75, 3.05) is 25.7 Å². The lowest BCUT2D eigenvalue weighted by atomic mass is 10.0. The molecule has 1 rings (SSSR count). The number of hydrogen-bond donors (Lipinski definition) is 3. The Kier molecular flexibility index (Phi) is 6.63. The molecule has 0 spiro atoms. The summed E-state index contributed by atoms with van der Waals surface area (Å²) in [4.78, 5) is 0. The van der Waals surface area contributed by atoms with Crippen molar-refractivity contribution in [2.45, 2.75) is 25.0 Å². The minimum Gasteiger partial charge on any atom is -0.393 e. The fourth-order valence-corrected chi connectivity index (χ4v) is 0.609. The summed E-state index contributed by atoms with van der Waals surface area (Å²) in [5, 5.41) is 25.7. The van der Waals surface area contributed by atoms with E-state index in [1.54, 1.807) is 6.92 Å². The Labute approximate surface area is 83.1 Å². The van der Waals surface area contributed by atoms with Crippen molar-refractivity contribution in [3.63, 3.8) is 0 Å². The zero-order valence-corrected chi connectivity index (χ0v) is 8.50. The molecule has 3 N–H and O–H groups in total. The molecule has 1 saturated heterocycles. The van der Waals surface area contributed by atoms with E-state index in [9.17, 15) is 0 Å². The zero-order valence-electron chi connectivity index (χ0n) is 7.74. The Morgan fingerprint density at radius 1 is 1.46 bits per heavy atom. The monoisotopic (exact) mass is 212 g/mol. The van der Waals surface area contributed by atoms with Gasteiger partial charge in [0.2, 0.25) is 0 Å². The smallest absolute Gasteiger partial charge is 0.110 e. The third-order valence-electron chi connectivity index (χ3n) is 1.82. The van der Waals surface area contributed by atoms with E-state index in [1.807, 2.05) is 0 Å². The van der Waals surface area contributed by atoms with E-state index in [-0.39, 0.29) is 13.2 Å². The SMILES string of the molecule is CCC(O)(CO)CO.ClCC1CO1. The van der Waals surface area contributed by atoms with Crippen molar-refractivity contribution in [1.29, 1.82) is 0 Å². The van der Waals surface area contributed by atoms with Gasteiger partial charge in [0.25, 0.3) is 0 Å². The van der Waals surface area contributed by atoms with Gasteiger partial charge in [-0.05, 0) is 6.42 Å². The summed E-state index contributed by atoms with van der Waals surface area (Å²) in [6, 6.07) is 0. The summed E-state index contributed by atoms with van der Waals surface area (Å²) in [6.45, 7) is 1.83. The van der Waals surface area contributed by atoms with E-state index in [1.165, 1.54) is 0 Å². The lowest BCUT2D eigenvalue weighted by Gasteiger charge is -2.19. The van der Waals surface area contributed by atoms with Crippen LogP contribution in [0, 0.1) is 0 Å². The largest absolute Gasteiger partial charge is 0.393 e. The minimum atomic E-state index is -1.26. The Bertz CT molecular complexity index is 115. The molecule has 13 heavy (non-hydrogen) atoms. The Morgan fingerprint density at radius 3 is 1.92 bits per heavy atom. The molecule has 80 valence electrons. The number of aliphatic hydroxyl groups excluding tert-OH is 2. The molecule has 0 saturated carbocycles. The van der Waals surface area contributed by atoms with Gasteiger partial charge < -0.3 is 20.1 Å². The number of alkyl halides is 1. The van der Waals surface area contributed by atoms with Crippen molar-refractivity contribution in [3.8, 4) is 0 Å². The third-order valence-corrected chi connectivity index (χ3v) is 2.17. The summed E-state index contributed by atoms with van der Waals surface area (Å²) < 4.78 is 4.73. The maximum Gasteiger partial charge on any atom is 0.110 e. The molecule has 5 heteroatoms. The van der Waals surface area contributed by atoms with Crippen LogP contribution in [0.1, 0.15) is 13.3 Å². The van der Waals surface area contributed by atoms with Crippen LogP contribution in [0.2, 0.25) is 0 Å². The van der Waals surface area contributed by atoms with Crippen molar-refractivity contribution < 1.29 is 20.1 Å². The third kappa shape index (κ3) is 6.23. The van der Waals surface area contributed by atoms with Gasteiger partial charge in [-0.3, -0.25) is 0 Å². The lowest BCUT2D eigenvalue weighted by Crippen LogP contribution is -2.36. The van der Waals surface area contributed by atoms with E-state index in [2.05, 4.69) is 0 Å². The number of halogens is 1. The maximum absolute atomic E-state index is 8.94. The van der Waals surface area contributed by atoms with E-state index in [4.69, 9.17) is 31.7 Å². The molecule has 1 fully saturated rings. The van der Waals surface area contributed by atoms with Crippen LogP contribution < -0.4 is 0 Å². The summed E-state index contributed by atoms with van der Waals surface area (Å²) in [5.74, 6) is 0.667. The molecule has 1 aliphatic rings. The van der Waals surface area contributed by atoms with Gasteiger partial charge in [0.05, 0.1) is 31.8 Å². The first-order valence-electron chi connectivity index (χ1n) is 4.23. The summed E-state index contributed by atoms with van der Waals surface area (Å²) in [6.07, 6.45) is 0.775. The highest BCUT2D eigenvalue weighted by atomic mass is 35.5. The van der Waals surface area contributed by atoms with Gasteiger partial charge in [-0.2, -0.15) is 0 Å². The Balaban J connectivity index is 0.000000243. The zero-order chi connectivity index (χ0) is 10.3. The Hall–Kier alpha value is 0.130. The highest BCUT2D eigenvalue weighted by molar-refractivity contribution is 6.18. The first kappa shape index (κ1) is 13.1. The Morgan fingerprint density at radius 2 is 1.92 bits per heavy atom. The van der Waals surface area contributed by atoms with Gasteiger partial charge in [-0.1, -0.05) is 6.92 Å². The fourth-order valence-electron chi connectivity index (χ4n) is 0.431. The van der Waals surface area contributed by atoms with Crippen molar-refractivity contribution in [3.05, 3.63) is 0 Å². The second-order valence-electron chi connectivity index (χ2n) is 3.00. The molecule has 1 unspecified atom stereocenters. The summed E-state index contributed by atoms with van der Waals surface area (Å²) in [7, 11) is 0. The highest BCUT2D eigenvalue weighted by Crippen LogP contribution is 2.08. The lowest BCUT2D eigenvalue weighted by molar-refractivity contribution is -0.0568. The predicted octanol–water partition coefficient (Wildman–Crippen LogP) is -0.264. The van der Waals surface area contributed by atoms with Crippen molar-refractivity contribution in [1.82, 2.24) is 0 Å². The number of aliphatic hydroxyl groups is 3. The van der Waals surface area contributed by atoms with E-state index in [0.717, 1.165) is 6.61 Å². The normalized spacial score (nSPS) is 20.5. The molecule has 1 atom stereocenters. The number of epoxide rings is 1. The second-order valence-corrected chi connectivity index (χ2v) is 3.31. The molecule has 0 bridgehead atoms. The first-order valence-corrected chi connectivity index (χ1v) is 4.77. The quantitative estimate of drug-likeness (QED) is 0.443. The molecule has 0 aromatic rings. The van der Waals surface area contributed by atoms with Gasteiger partial charge in [0.1, 0.15) is 5.60 Å². The molecule has 0 radical (unpaired) electrons. The van der Waals surface area contributed by atoms with E-state index in [0.29, 0.717) is 18.4 Å². The highest BCUT2D eigenvalue weighted by Gasteiger charge is 2.21. The van der Waals surface area contributed by atoms with Crippen LogP contribution in [0.3, 0.4) is 0 Å². The van der Waals surface area contributed by atoms with Crippen LogP contribution in [-0.2, 0) is 4.74 Å². The van der Waals surface area contributed by atoms with Crippen LogP contribution in [0.5, 0.6) is 0 Å². The van der Waals surface area contributed by atoms with Gasteiger partial charge in [-0.25, -0.2) is 0 Å². The van der Waals surface area contributed by atoms with Gasteiger partial charge in [0.15, 0.2) is 0 Å². The van der Waals surface area contributed by atoms with Crippen LogP contribution in [-0.4, -0.2) is 52.7 Å². The molecule has 1 aliphatic heterocycles. The number of hydrogen-bond acceptors (Lipinski definition) is 4. The molecule has 0 aromatic heterocycles. The second kappa shape index (κ2) is 6.56. The molecule has 0 amide bonds. The fraction of sp³-hybridized carbons (Fsp3) is 1.00. The van der Waals surface area contributed by atoms with Gasteiger partial charge in [-0.15, -0.1) is 11.6 Å². The van der Waals surface area contributed by atoms with Gasteiger partial charge in [0, 0.05) is 0 Å². The molecule has 4 nitrogen and oxygen atoms in total. The standard InChI is InChI=1S/C5H12O3.C3H5ClO/c1-2-5(8,3-6)4-7;4-1-3-2-5-3/h6-8H,2-4H2,1H3;3H,1-2H2. The van der Waals surface area contributed by atoms with Crippen LogP contribution in [0.15, 0.2) is 0 Å². The molecule has 0 aliphatic carbocycles. The van der Waals surface area contributed by atoms with Crippen LogP contribution in [0.25, 0.3) is 0 Å². The van der Waals surface area contributed by atoms with Crippen LogP contribution >= 0.6 is 11.6 Å². The summed E-state index contributed by atoms with van der Waals surface area (Å²) >= 11 is 5.27. The molecule has 1 heterocycles. The number of rotatable bonds is 4. The average molecular weight is 213 g/mol. The minimum absolute atomic E-state index is 0.375. The molecular formula is C8H17ClO4. The average Bonchev–Trinajstić information content (AvgIpc) is 3.01. The van der Waals surface area contributed by atoms with Crippen LogP contribution in [0.4, 0.5) is 0 Å². The summed E-state index contributed by atoms with van der Waals surface area (Å²) in [5.41, 5.74) is -1.26. The maximum atomic E-state index is 8.94. The number of ether oxygens (including phenoxy) is 1. The molecular weight excluding hydrogens is 196 g/mol. The molecule has 0 aromatic carbocycles. The van der Waals surface area contributed by atoms with Crippen molar-refractivity contribution >= 4 is 11.6 Å². The first-order chi connectivity index (χ1) is 6.11. The predicted molar refractivity (Wildman–Crippen MR) is 49.9 cm³/mol. The van der Waals surface area contributed by atoms with Crippen molar-refractivity contribution in [2.24, 2.45) is 0 Å². The van der Waals surface area contributed by atoms with E-state index >= 15 is 0 Å². The van der Waals surface area contributed by atoms with Gasteiger partial charge >= 0.3 is 0 Å². The topological polar surface area (TPSA) is 73.2 Å². The van der Waals surface area contributed by atoms with E-state index < -0.39 is 5.60 Å².